The van der Waals surface area contributed by atoms with Gasteiger partial charge in [-0.15, -0.1) is 10.2 Å². The van der Waals surface area contributed by atoms with Gasteiger partial charge in [-0.2, -0.15) is 0 Å². The first-order valence-electron chi connectivity index (χ1n) is 8.64. The Morgan fingerprint density at radius 3 is 2.37 bits per heavy atom. The van der Waals surface area contributed by atoms with Crippen LogP contribution in [0.1, 0.15) is 17.3 Å². The first-order chi connectivity index (χ1) is 13.1. The number of aromatic nitrogens is 2. The molecule has 2 heterocycles. The number of piperazine rings is 1. The molecule has 0 atom stereocenters. The number of carbonyl (C=O) groups excluding carboxylic acids is 2. The number of benzene rings is 1. The van der Waals surface area contributed by atoms with E-state index in [0.29, 0.717) is 50.0 Å². The highest BCUT2D eigenvalue weighted by Crippen LogP contribution is 2.15. The number of hydrogen-bond donors (Lipinski definition) is 1. The van der Waals surface area contributed by atoms with Gasteiger partial charge in [-0.3, -0.25) is 4.79 Å². The Morgan fingerprint density at radius 1 is 1.07 bits per heavy atom. The van der Waals surface area contributed by atoms with Gasteiger partial charge in [0.25, 0.3) is 5.91 Å². The minimum absolute atomic E-state index is 0.304. The van der Waals surface area contributed by atoms with Crippen molar-refractivity contribution < 1.29 is 18.7 Å². The van der Waals surface area contributed by atoms with Crippen molar-refractivity contribution in [2.24, 2.45) is 0 Å². The standard InChI is InChI=1S/C18H20FN5O3/c1-2-27-18(26)24-11-9-23(10-12-24)16-8-7-15(21-22-16)20-17(25)13-3-5-14(19)6-4-13/h3-8H,2,9-12H2,1H3,(H,20,21,25). The predicted molar refractivity (Wildman–Crippen MR) is 97.2 cm³/mol. The fourth-order valence-corrected chi connectivity index (χ4v) is 2.68. The van der Waals surface area contributed by atoms with Crippen molar-refractivity contribution in [3.63, 3.8) is 0 Å². The van der Waals surface area contributed by atoms with Gasteiger partial charge >= 0.3 is 6.09 Å². The fourth-order valence-electron chi connectivity index (χ4n) is 2.68. The number of hydrogen-bond acceptors (Lipinski definition) is 6. The maximum absolute atomic E-state index is 12.9. The van der Waals surface area contributed by atoms with Crippen LogP contribution in [0.5, 0.6) is 0 Å². The van der Waals surface area contributed by atoms with E-state index in [1.807, 2.05) is 4.90 Å². The van der Waals surface area contributed by atoms with Gasteiger partial charge < -0.3 is 19.9 Å². The van der Waals surface area contributed by atoms with E-state index in [1.54, 1.807) is 24.0 Å². The molecule has 0 radical (unpaired) electrons. The molecule has 1 saturated heterocycles. The highest BCUT2D eigenvalue weighted by Gasteiger charge is 2.22. The molecule has 1 aliphatic heterocycles. The number of rotatable bonds is 4. The molecule has 8 nitrogen and oxygen atoms in total. The Bertz CT molecular complexity index is 790. The third kappa shape index (κ3) is 4.69. The second-order valence-corrected chi connectivity index (χ2v) is 5.91. The van der Waals surface area contributed by atoms with Gasteiger partial charge in [0, 0.05) is 31.7 Å². The zero-order chi connectivity index (χ0) is 19.2. The topological polar surface area (TPSA) is 87.7 Å². The number of carbonyl (C=O) groups is 2. The SMILES string of the molecule is CCOC(=O)N1CCN(c2ccc(NC(=O)c3ccc(F)cc3)nn2)CC1. The molecule has 142 valence electrons. The van der Waals surface area contributed by atoms with E-state index in [9.17, 15) is 14.0 Å². The Balaban J connectivity index is 1.55. The van der Waals surface area contributed by atoms with Crippen molar-refractivity contribution in [1.82, 2.24) is 15.1 Å². The summed E-state index contributed by atoms with van der Waals surface area (Å²) in [4.78, 5) is 27.5. The molecule has 0 saturated carbocycles. The molecule has 0 spiro atoms. The monoisotopic (exact) mass is 373 g/mol. The summed E-state index contributed by atoms with van der Waals surface area (Å²) in [7, 11) is 0. The Labute approximate surface area is 155 Å². The van der Waals surface area contributed by atoms with Gasteiger partial charge in [0.15, 0.2) is 11.6 Å². The summed E-state index contributed by atoms with van der Waals surface area (Å²) in [5.41, 5.74) is 0.331. The average molecular weight is 373 g/mol. The molecular weight excluding hydrogens is 353 g/mol. The zero-order valence-corrected chi connectivity index (χ0v) is 14.9. The van der Waals surface area contributed by atoms with E-state index in [0.717, 1.165) is 0 Å². The highest BCUT2D eigenvalue weighted by atomic mass is 19.1. The van der Waals surface area contributed by atoms with Crippen molar-refractivity contribution in [1.29, 1.82) is 0 Å². The van der Waals surface area contributed by atoms with Crippen LogP contribution in [0, 0.1) is 5.82 Å². The lowest BCUT2D eigenvalue weighted by molar-refractivity contribution is 0.102. The molecule has 1 N–H and O–H groups in total. The molecule has 9 heteroatoms. The van der Waals surface area contributed by atoms with Gasteiger partial charge in [0.2, 0.25) is 0 Å². The Hall–Kier alpha value is -3.23. The smallest absolute Gasteiger partial charge is 0.409 e. The normalized spacial score (nSPS) is 14.0. The Kier molecular flexibility index (Phi) is 5.80. The molecule has 1 fully saturated rings. The first kappa shape index (κ1) is 18.6. The zero-order valence-electron chi connectivity index (χ0n) is 14.9. The van der Waals surface area contributed by atoms with E-state index in [2.05, 4.69) is 15.5 Å². The van der Waals surface area contributed by atoms with Crippen LogP contribution in [0.2, 0.25) is 0 Å². The van der Waals surface area contributed by atoms with Crippen LogP contribution in [0.4, 0.5) is 20.8 Å². The largest absolute Gasteiger partial charge is 0.450 e. The lowest BCUT2D eigenvalue weighted by atomic mass is 10.2. The number of anilines is 2. The average Bonchev–Trinajstić information content (AvgIpc) is 2.69. The van der Waals surface area contributed by atoms with E-state index in [1.165, 1.54) is 24.3 Å². The third-order valence-corrected chi connectivity index (χ3v) is 4.13. The summed E-state index contributed by atoms with van der Waals surface area (Å²) in [6, 6.07) is 8.65. The van der Waals surface area contributed by atoms with Gasteiger partial charge in [-0.1, -0.05) is 0 Å². The lowest BCUT2D eigenvalue weighted by Gasteiger charge is -2.34. The fraction of sp³-hybridized carbons (Fsp3) is 0.333. The highest BCUT2D eigenvalue weighted by molar-refractivity contribution is 6.03. The maximum Gasteiger partial charge on any atom is 0.409 e. The van der Waals surface area contributed by atoms with Crippen LogP contribution in [0.15, 0.2) is 36.4 Å². The minimum atomic E-state index is -0.404. The number of nitrogens with one attached hydrogen (secondary N) is 1. The summed E-state index contributed by atoms with van der Waals surface area (Å²) in [6.07, 6.45) is -0.304. The summed E-state index contributed by atoms with van der Waals surface area (Å²) in [5, 5.41) is 10.8. The van der Waals surface area contributed by atoms with Crippen LogP contribution >= 0.6 is 0 Å². The molecule has 2 aromatic rings. The summed E-state index contributed by atoms with van der Waals surface area (Å²) in [5.74, 6) is 0.176. The molecule has 0 aliphatic carbocycles. The van der Waals surface area contributed by atoms with Crippen LogP contribution < -0.4 is 10.2 Å². The van der Waals surface area contributed by atoms with Crippen LogP contribution in [-0.4, -0.2) is 59.9 Å². The molecule has 1 aromatic carbocycles. The summed E-state index contributed by atoms with van der Waals surface area (Å²) in [6.45, 7) is 4.46. The maximum atomic E-state index is 12.9. The molecule has 1 aromatic heterocycles. The van der Waals surface area contributed by atoms with Gasteiger partial charge in [-0.25, -0.2) is 9.18 Å². The van der Waals surface area contributed by atoms with Crippen LogP contribution in [0.25, 0.3) is 0 Å². The minimum Gasteiger partial charge on any atom is -0.450 e. The summed E-state index contributed by atoms with van der Waals surface area (Å²) < 4.78 is 17.9. The molecule has 27 heavy (non-hydrogen) atoms. The van der Waals surface area contributed by atoms with Crippen molar-refractivity contribution in [3.05, 3.63) is 47.8 Å². The first-order valence-corrected chi connectivity index (χ1v) is 8.64. The van der Waals surface area contributed by atoms with E-state index >= 15 is 0 Å². The quantitative estimate of drug-likeness (QED) is 0.884. The van der Waals surface area contributed by atoms with E-state index in [4.69, 9.17) is 4.74 Å². The molecule has 2 amide bonds. The molecular formula is C18H20FN5O3. The van der Waals surface area contributed by atoms with Gasteiger partial charge in [-0.05, 0) is 43.3 Å². The van der Waals surface area contributed by atoms with Crippen LogP contribution in [0.3, 0.4) is 0 Å². The number of nitrogens with zero attached hydrogens (tertiary/aromatic N) is 4. The predicted octanol–water partition coefficient (Wildman–Crippen LogP) is 2.15. The van der Waals surface area contributed by atoms with Crippen molar-refractivity contribution >= 4 is 23.6 Å². The lowest BCUT2D eigenvalue weighted by Crippen LogP contribution is -2.49. The van der Waals surface area contributed by atoms with Crippen molar-refractivity contribution in [2.45, 2.75) is 6.92 Å². The van der Waals surface area contributed by atoms with Gasteiger partial charge in [0.05, 0.1) is 6.61 Å². The van der Waals surface area contributed by atoms with Crippen LogP contribution in [-0.2, 0) is 4.74 Å². The second kappa shape index (κ2) is 8.43. The van der Waals surface area contributed by atoms with Crippen molar-refractivity contribution in [3.8, 4) is 0 Å². The molecule has 0 unspecified atom stereocenters. The van der Waals surface area contributed by atoms with E-state index in [-0.39, 0.29) is 12.0 Å². The number of amides is 2. The molecule has 3 rings (SSSR count). The van der Waals surface area contributed by atoms with E-state index < -0.39 is 5.82 Å². The van der Waals surface area contributed by atoms with Gasteiger partial charge in [0.1, 0.15) is 5.82 Å². The number of halogens is 1. The molecule has 1 aliphatic rings. The van der Waals surface area contributed by atoms with Crippen molar-refractivity contribution in [2.75, 3.05) is 43.0 Å². The summed E-state index contributed by atoms with van der Waals surface area (Å²) >= 11 is 0. The Morgan fingerprint density at radius 2 is 1.78 bits per heavy atom. The molecule has 0 bridgehead atoms. The third-order valence-electron chi connectivity index (χ3n) is 4.13. The number of ether oxygens (including phenoxy) is 1. The second-order valence-electron chi connectivity index (χ2n) is 5.91.